The third-order valence-corrected chi connectivity index (χ3v) is 4.08. The Morgan fingerprint density at radius 1 is 1.18 bits per heavy atom. The zero-order valence-electron chi connectivity index (χ0n) is 11.3. The summed E-state index contributed by atoms with van der Waals surface area (Å²) >= 11 is 0. The van der Waals surface area contributed by atoms with Crippen LogP contribution in [0.1, 0.15) is 47.0 Å². The number of rotatable bonds is 9. The lowest BCUT2D eigenvalue weighted by atomic mass is 10.2. The van der Waals surface area contributed by atoms with Crippen LogP contribution < -0.4 is 4.72 Å². The molecule has 2 N–H and O–H groups in total. The van der Waals surface area contributed by atoms with E-state index in [1.807, 2.05) is 13.8 Å². The molecule has 6 heteroatoms. The topological polar surface area (TPSA) is 69.6 Å². The van der Waals surface area contributed by atoms with Crippen molar-refractivity contribution in [3.8, 4) is 0 Å². The molecule has 17 heavy (non-hydrogen) atoms. The minimum atomic E-state index is -3.42. The third-order valence-electron chi connectivity index (χ3n) is 2.33. The molecule has 0 radical (unpaired) electrons. The molecule has 2 atom stereocenters. The molecule has 0 aromatic carbocycles. The van der Waals surface area contributed by atoms with Gasteiger partial charge in [-0.1, -0.05) is 13.8 Å². The highest BCUT2D eigenvalue weighted by Gasteiger charge is 2.22. The molecule has 5 nitrogen and oxygen atoms in total. The lowest BCUT2D eigenvalue weighted by molar-refractivity contribution is 0.174. The summed E-state index contributed by atoms with van der Waals surface area (Å²) in [5.41, 5.74) is 0. The van der Waals surface area contributed by atoms with Gasteiger partial charge < -0.3 is 5.11 Å². The summed E-state index contributed by atoms with van der Waals surface area (Å²) in [7, 11) is -3.42. The van der Waals surface area contributed by atoms with Gasteiger partial charge in [-0.25, -0.2) is 0 Å². The number of hydrogen-bond acceptors (Lipinski definition) is 3. The van der Waals surface area contributed by atoms with Crippen molar-refractivity contribution in [2.75, 3.05) is 13.1 Å². The van der Waals surface area contributed by atoms with E-state index in [1.165, 1.54) is 4.31 Å². The van der Waals surface area contributed by atoms with Crippen LogP contribution in [0.5, 0.6) is 0 Å². The Morgan fingerprint density at radius 2 is 1.65 bits per heavy atom. The lowest BCUT2D eigenvalue weighted by Gasteiger charge is -2.24. The zero-order valence-corrected chi connectivity index (χ0v) is 12.1. The van der Waals surface area contributed by atoms with Gasteiger partial charge in [-0.2, -0.15) is 17.4 Å². The highest BCUT2D eigenvalue weighted by atomic mass is 32.2. The predicted octanol–water partition coefficient (Wildman–Crippen LogP) is 1.10. The van der Waals surface area contributed by atoms with Crippen LogP contribution in [-0.2, 0) is 10.2 Å². The van der Waals surface area contributed by atoms with Crippen molar-refractivity contribution < 1.29 is 13.5 Å². The minimum absolute atomic E-state index is 0.254. The van der Waals surface area contributed by atoms with Crippen LogP contribution in [0.4, 0.5) is 0 Å². The molecule has 104 valence electrons. The highest BCUT2D eigenvalue weighted by Crippen LogP contribution is 2.05. The second-order valence-corrected chi connectivity index (χ2v) is 6.21. The minimum Gasteiger partial charge on any atom is -0.393 e. The lowest BCUT2D eigenvalue weighted by Crippen LogP contribution is -2.45. The normalized spacial score (nSPS) is 16.1. The van der Waals surface area contributed by atoms with Crippen LogP contribution in [0.3, 0.4) is 0 Å². The first-order valence-electron chi connectivity index (χ1n) is 6.28. The molecule has 0 heterocycles. The highest BCUT2D eigenvalue weighted by molar-refractivity contribution is 7.87. The van der Waals surface area contributed by atoms with E-state index in [0.29, 0.717) is 19.5 Å². The van der Waals surface area contributed by atoms with Gasteiger partial charge >= 0.3 is 0 Å². The Bertz CT molecular complexity index is 285. The van der Waals surface area contributed by atoms with Crippen LogP contribution in [0.15, 0.2) is 0 Å². The summed E-state index contributed by atoms with van der Waals surface area (Å²) in [5, 5.41) is 9.22. The van der Waals surface area contributed by atoms with E-state index in [2.05, 4.69) is 4.72 Å². The molecule has 0 amide bonds. The van der Waals surface area contributed by atoms with Gasteiger partial charge in [-0.15, -0.1) is 0 Å². The Hall–Kier alpha value is -0.170. The molecule has 0 bridgehead atoms. The Labute approximate surface area is 105 Å². The quantitative estimate of drug-likeness (QED) is 0.656. The molecule has 2 unspecified atom stereocenters. The summed E-state index contributed by atoms with van der Waals surface area (Å²) in [4.78, 5) is 0. The van der Waals surface area contributed by atoms with E-state index >= 15 is 0 Å². The van der Waals surface area contributed by atoms with Gasteiger partial charge in [-0.05, 0) is 33.1 Å². The summed E-state index contributed by atoms with van der Waals surface area (Å²) in [6.45, 7) is 8.39. The van der Waals surface area contributed by atoms with Crippen LogP contribution in [0.25, 0.3) is 0 Å². The van der Waals surface area contributed by atoms with E-state index in [-0.39, 0.29) is 6.04 Å². The van der Waals surface area contributed by atoms with Crippen LogP contribution >= 0.6 is 0 Å². The van der Waals surface area contributed by atoms with E-state index in [9.17, 15) is 13.5 Å². The fourth-order valence-corrected chi connectivity index (χ4v) is 3.34. The largest absolute Gasteiger partial charge is 0.393 e. The summed E-state index contributed by atoms with van der Waals surface area (Å²) in [5.74, 6) is 0. The van der Waals surface area contributed by atoms with Crippen molar-refractivity contribution in [2.24, 2.45) is 0 Å². The summed E-state index contributed by atoms with van der Waals surface area (Å²) in [6.07, 6.45) is 1.52. The number of nitrogens with one attached hydrogen (secondary N) is 1. The van der Waals surface area contributed by atoms with Crippen molar-refractivity contribution in [1.29, 1.82) is 0 Å². The van der Waals surface area contributed by atoms with Gasteiger partial charge in [0.2, 0.25) is 0 Å². The molecule has 0 fully saturated rings. The molecule has 0 aromatic heterocycles. The van der Waals surface area contributed by atoms with Crippen LogP contribution in [0.2, 0.25) is 0 Å². The van der Waals surface area contributed by atoms with Gasteiger partial charge in [0, 0.05) is 19.1 Å². The third kappa shape index (κ3) is 6.98. The molecular weight excluding hydrogens is 240 g/mol. The number of hydrogen-bond donors (Lipinski definition) is 2. The zero-order chi connectivity index (χ0) is 13.5. The van der Waals surface area contributed by atoms with Crippen molar-refractivity contribution >= 4 is 10.2 Å². The maximum absolute atomic E-state index is 12.0. The molecule has 0 saturated carbocycles. The molecule has 0 spiro atoms. The summed E-state index contributed by atoms with van der Waals surface area (Å²) in [6, 6.07) is -0.254. The second kappa shape index (κ2) is 8.02. The standard InChI is InChI=1S/C11H26N2O3S/c1-5-7-13(8-6-2)17(15,16)12-10(3)9-11(4)14/h10-12,14H,5-9H2,1-4H3. The number of aliphatic hydroxyl groups excluding tert-OH is 1. The summed E-state index contributed by atoms with van der Waals surface area (Å²) < 4.78 is 28.1. The average Bonchev–Trinajstić information content (AvgIpc) is 2.14. The SMILES string of the molecule is CCCN(CCC)S(=O)(=O)NC(C)CC(C)O. The van der Waals surface area contributed by atoms with Gasteiger partial charge in [0.15, 0.2) is 0 Å². The average molecular weight is 266 g/mol. The molecule has 0 aliphatic carbocycles. The van der Waals surface area contributed by atoms with E-state index in [1.54, 1.807) is 13.8 Å². The van der Waals surface area contributed by atoms with Crippen molar-refractivity contribution in [2.45, 2.75) is 59.1 Å². The Morgan fingerprint density at radius 3 is 2.00 bits per heavy atom. The molecule has 0 aromatic rings. The van der Waals surface area contributed by atoms with Crippen LogP contribution in [0, 0.1) is 0 Å². The van der Waals surface area contributed by atoms with E-state index in [0.717, 1.165) is 12.8 Å². The van der Waals surface area contributed by atoms with Crippen molar-refractivity contribution in [3.05, 3.63) is 0 Å². The first-order valence-corrected chi connectivity index (χ1v) is 7.72. The molecule has 0 saturated heterocycles. The first kappa shape index (κ1) is 16.8. The monoisotopic (exact) mass is 266 g/mol. The predicted molar refractivity (Wildman–Crippen MR) is 70.0 cm³/mol. The fraction of sp³-hybridized carbons (Fsp3) is 1.00. The molecular formula is C11H26N2O3S. The second-order valence-electron chi connectivity index (χ2n) is 4.51. The molecule has 0 rings (SSSR count). The van der Waals surface area contributed by atoms with Crippen LogP contribution in [-0.4, -0.2) is 43.1 Å². The van der Waals surface area contributed by atoms with Gasteiger partial charge in [0.05, 0.1) is 6.10 Å². The number of nitrogens with zero attached hydrogens (tertiary/aromatic N) is 1. The molecule has 0 aliphatic rings. The maximum Gasteiger partial charge on any atom is 0.279 e. The fourth-order valence-electron chi connectivity index (χ4n) is 1.74. The van der Waals surface area contributed by atoms with E-state index < -0.39 is 16.3 Å². The van der Waals surface area contributed by atoms with Crippen molar-refractivity contribution in [3.63, 3.8) is 0 Å². The van der Waals surface area contributed by atoms with Gasteiger partial charge in [0.1, 0.15) is 0 Å². The van der Waals surface area contributed by atoms with Gasteiger partial charge in [-0.3, -0.25) is 0 Å². The van der Waals surface area contributed by atoms with Gasteiger partial charge in [0.25, 0.3) is 10.2 Å². The Balaban J connectivity index is 4.50. The van der Waals surface area contributed by atoms with Crippen molar-refractivity contribution in [1.82, 2.24) is 9.03 Å². The smallest absolute Gasteiger partial charge is 0.279 e. The van der Waals surface area contributed by atoms with E-state index in [4.69, 9.17) is 0 Å². The number of aliphatic hydroxyl groups is 1. The Kier molecular flexibility index (Phi) is 7.94. The first-order chi connectivity index (χ1) is 7.83. The molecule has 0 aliphatic heterocycles. The maximum atomic E-state index is 12.0.